The third kappa shape index (κ3) is 4.35. The predicted molar refractivity (Wildman–Crippen MR) is 89.0 cm³/mol. The fraction of sp³-hybridized carbons (Fsp3) is 0. The monoisotopic (exact) mass is 305 g/mol. The molecule has 0 saturated carbocycles. The van der Waals surface area contributed by atoms with Crippen molar-refractivity contribution in [1.29, 1.82) is 0 Å². The minimum absolute atomic E-state index is 0.494. The Bertz CT molecular complexity index is 756. The van der Waals surface area contributed by atoms with Gasteiger partial charge in [0.05, 0.1) is 0 Å². The van der Waals surface area contributed by atoms with Crippen molar-refractivity contribution in [3.63, 3.8) is 0 Å². The molecule has 0 unspecified atom stereocenters. The zero-order valence-electron chi connectivity index (χ0n) is 12.3. The van der Waals surface area contributed by atoms with Gasteiger partial charge in [0.1, 0.15) is 17.2 Å². The van der Waals surface area contributed by atoms with Crippen LogP contribution in [0.1, 0.15) is 0 Å². The molecule has 3 rings (SSSR count). The van der Waals surface area contributed by atoms with Crippen LogP contribution in [0, 0.1) is 0 Å². The zero-order chi connectivity index (χ0) is 15.9. The summed E-state index contributed by atoms with van der Waals surface area (Å²) in [6.45, 7) is 0. The van der Waals surface area contributed by atoms with Crippen molar-refractivity contribution < 1.29 is 14.3 Å². The lowest BCUT2D eigenvalue weighted by Crippen LogP contribution is -2.16. The second kappa shape index (κ2) is 7.13. The van der Waals surface area contributed by atoms with Gasteiger partial charge in [-0.2, -0.15) is 0 Å². The van der Waals surface area contributed by atoms with Gasteiger partial charge >= 0.3 is 6.09 Å². The number of rotatable bonds is 4. The van der Waals surface area contributed by atoms with Gasteiger partial charge in [-0.15, -0.1) is 0 Å². The Labute approximate surface area is 134 Å². The maximum absolute atomic E-state index is 11.8. The van der Waals surface area contributed by atoms with E-state index in [9.17, 15) is 4.79 Å². The molecule has 0 aliphatic carbocycles. The quantitative estimate of drug-likeness (QED) is 0.730. The van der Waals surface area contributed by atoms with Gasteiger partial charge in [0, 0.05) is 5.69 Å². The third-order valence-corrected chi connectivity index (χ3v) is 3.03. The van der Waals surface area contributed by atoms with E-state index in [0.29, 0.717) is 17.2 Å². The van der Waals surface area contributed by atoms with Gasteiger partial charge in [0.2, 0.25) is 0 Å². The number of hydrogen-bond acceptors (Lipinski definition) is 3. The SMILES string of the molecule is O=C(Nc1ccc(Oc2ccccc2)cc1)Oc1ccccc1. The molecule has 3 aromatic rings. The summed E-state index contributed by atoms with van der Waals surface area (Å²) in [5, 5.41) is 2.66. The van der Waals surface area contributed by atoms with Crippen molar-refractivity contribution in [3.8, 4) is 17.2 Å². The van der Waals surface area contributed by atoms with E-state index in [-0.39, 0.29) is 0 Å². The lowest BCUT2D eigenvalue weighted by molar-refractivity contribution is 0.215. The minimum Gasteiger partial charge on any atom is -0.457 e. The molecule has 4 nitrogen and oxygen atoms in total. The number of anilines is 1. The summed E-state index contributed by atoms with van der Waals surface area (Å²) in [7, 11) is 0. The molecule has 1 N–H and O–H groups in total. The first-order chi connectivity index (χ1) is 11.3. The van der Waals surface area contributed by atoms with Gasteiger partial charge in [0.15, 0.2) is 0 Å². The molecule has 0 spiro atoms. The van der Waals surface area contributed by atoms with Gasteiger partial charge in [0.25, 0.3) is 0 Å². The Morgan fingerprint density at radius 1 is 0.652 bits per heavy atom. The van der Waals surface area contributed by atoms with Crippen LogP contribution in [-0.4, -0.2) is 6.09 Å². The average molecular weight is 305 g/mol. The van der Waals surface area contributed by atoms with E-state index in [1.807, 2.05) is 36.4 Å². The summed E-state index contributed by atoms with van der Waals surface area (Å²) in [4.78, 5) is 11.8. The first kappa shape index (κ1) is 14.7. The summed E-state index contributed by atoms with van der Waals surface area (Å²) in [5.41, 5.74) is 0.631. The third-order valence-electron chi connectivity index (χ3n) is 3.03. The molecule has 0 saturated heterocycles. The highest BCUT2D eigenvalue weighted by molar-refractivity contribution is 5.86. The molecule has 1 amide bonds. The van der Waals surface area contributed by atoms with Crippen LogP contribution in [-0.2, 0) is 0 Å². The first-order valence-electron chi connectivity index (χ1n) is 7.16. The summed E-state index contributed by atoms with van der Waals surface area (Å²) < 4.78 is 10.9. The van der Waals surface area contributed by atoms with Crippen LogP contribution >= 0.6 is 0 Å². The summed E-state index contributed by atoms with van der Waals surface area (Å²) in [5.74, 6) is 1.95. The van der Waals surface area contributed by atoms with Gasteiger partial charge in [-0.1, -0.05) is 36.4 Å². The number of carbonyl (C=O) groups excluding carboxylic acids is 1. The molecule has 0 aliphatic heterocycles. The number of ether oxygens (including phenoxy) is 2. The molecule has 0 atom stereocenters. The normalized spacial score (nSPS) is 9.91. The highest BCUT2D eigenvalue weighted by Gasteiger charge is 2.05. The number of amides is 1. The maximum Gasteiger partial charge on any atom is 0.417 e. The molecule has 4 heteroatoms. The lowest BCUT2D eigenvalue weighted by atomic mass is 10.3. The average Bonchev–Trinajstić information content (AvgIpc) is 2.58. The van der Waals surface area contributed by atoms with Gasteiger partial charge in [-0.25, -0.2) is 4.79 Å². The van der Waals surface area contributed by atoms with Gasteiger partial charge in [-0.3, -0.25) is 5.32 Å². The molecule has 0 bridgehead atoms. The Balaban J connectivity index is 1.58. The Kier molecular flexibility index (Phi) is 4.55. The van der Waals surface area contributed by atoms with Gasteiger partial charge < -0.3 is 9.47 Å². The van der Waals surface area contributed by atoms with E-state index in [1.54, 1.807) is 48.5 Å². The second-order valence-corrected chi connectivity index (χ2v) is 4.77. The number of carbonyl (C=O) groups is 1. The lowest BCUT2D eigenvalue weighted by Gasteiger charge is -2.08. The summed E-state index contributed by atoms with van der Waals surface area (Å²) >= 11 is 0. The van der Waals surface area contributed by atoms with E-state index in [4.69, 9.17) is 9.47 Å². The topological polar surface area (TPSA) is 47.6 Å². The van der Waals surface area contributed by atoms with Crippen LogP contribution in [0.5, 0.6) is 17.2 Å². The molecule has 3 aromatic carbocycles. The number of hydrogen-bond donors (Lipinski definition) is 1. The van der Waals surface area contributed by atoms with Crippen molar-refractivity contribution >= 4 is 11.8 Å². The van der Waals surface area contributed by atoms with E-state index in [1.165, 1.54) is 0 Å². The Hall–Kier alpha value is -3.27. The predicted octanol–water partition coefficient (Wildman–Crippen LogP) is 5.09. The molecule has 0 aromatic heterocycles. The maximum atomic E-state index is 11.8. The van der Waals surface area contributed by atoms with Crippen LogP contribution in [0.3, 0.4) is 0 Å². The summed E-state index contributed by atoms with van der Waals surface area (Å²) in [6, 6.07) is 25.5. The second-order valence-electron chi connectivity index (χ2n) is 4.77. The highest BCUT2D eigenvalue weighted by atomic mass is 16.6. The zero-order valence-corrected chi connectivity index (χ0v) is 12.3. The van der Waals surface area contributed by atoms with E-state index >= 15 is 0 Å². The van der Waals surface area contributed by atoms with Gasteiger partial charge in [-0.05, 0) is 48.5 Å². The first-order valence-corrected chi connectivity index (χ1v) is 7.16. The smallest absolute Gasteiger partial charge is 0.417 e. The standard InChI is InChI=1S/C19H15NO3/c21-19(23-17-9-5-2-6-10-17)20-15-11-13-18(14-12-15)22-16-7-3-1-4-8-16/h1-14H,(H,20,21). The Morgan fingerprint density at radius 3 is 1.78 bits per heavy atom. The molecule has 0 fully saturated rings. The molecule has 23 heavy (non-hydrogen) atoms. The molecular formula is C19H15NO3. The molecule has 0 heterocycles. The molecule has 0 radical (unpaired) electrons. The molecule has 0 aliphatic rings. The number of para-hydroxylation sites is 2. The fourth-order valence-electron chi connectivity index (χ4n) is 1.97. The van der Waals surface area contributed by atoms with Crippen LogP contribution in [0.25, 0.3) is 0 Å². The van der Waals surface area contributed by atoms with Crippen molar-refractivity contribution in [2.75, 3.05) is 5.32 Å². The number of nitrogens with one attached hydrogen (secondary N) is 1. The van der Waals surface area contributed by atoms with E-state index < -0.39 is 6.09 Å². The van der Waals surface area contributed by atoms with Crippen LogP contribution in [0.4, 0.5) is 10.5 Å². The minimum atomic E-state index is -0.534. The highest BCUT2D eigenvalue weighted by Crippen LogP contribution is 2.22. The van der Waals surface area contributed by atoms with E-state index in [0.717, 1.165) is 5.75 Å². The van der Waals surface area contributed by atoms with Crippen molar-refractivity contribution in [3.05, 3.63) is 84.9 Å². The van der Waals surface area contributed by atoms with Crippen molar-refractivity contribution in [2.24, 2.45) is 0 Å². The van der Waals surface area contributed by atoms with Crippen LogP contribution < -0.4 is 14.8 Å². The van der Waals surface area contributed by atoms with E-state index in [2.05, 4.69) is 5.32 Å². The summed E-state index contributed by atoms with van der Waals surface area (Å²) in [6.07, 6.45) is -0.534. The van der Waals surface area contributed by atoms with Crippen LogP contribution in [0.15, 0.2) is 84.9 Å². The van der Waals surface area contributed by atoms with Crippen molar-refractivity contribution in [2.45, 2.75) is 0 Å². The number of benzene rings is 3. The van der Waals surface area contributed by atoms with Crippen LogP contribution in [0.2, 0.25) is 0 Å². The Morgan fingerprint density at radius 2 is 1.17 bits per heavy atom. The molecule has 114 valence electrons. The van der Waals surface area contributed by atoms with Crippen molar-refractivity contribution in [1.82, 2.24) is 0 Å². The largest absolute Gasteiger partial charge is 0.457 e. The molecular weight excluding hydrogens is 290 g/mol. The fourth-order valence-corrected chi connectivity index (χ4v) is 1.97.